The molecule has 0 aliphatic carbocycles. The summed E-state index contributed by atoms with van der Waals surface area (Å²) in [5.41, 5.74) is 0.859. The fraction of sp³-hybridized carbons (Fsp3) is 0.108. The van der Waals surface area contributed by atoms with E-state index in [-0.39, 0.29) is 24.7 Å². The first kappa shape index (κ1) is 30.7. The molecule has 1 aliphatic rings. The van der Waals surface area contributed by atoms with E-state index in [1.54, 1.807) is 0 Å². The van der Waals surface area contributed by atoms with Crippen LogP contribution in [0.4, 0.5) is 0 Å². The van der Waals surface area contributed by atoms with Crippen LogP contribution in [0, 0.1) is 0 Å². The number of hydrogen-bond acceptors (Lipinski definition) is 6. The van der Waals surface area contributed by atoms with Gasteiger partial charge in [-0.05, 0) is 5.56 Å². The van der Waals surface area contributed by atoms with Crippen molar-refractivity contribution in [2.75, 3.05) is 6.61 Å². The van der Waals surface area contributed by atoms with Crippen LogP contribution in [0.3, 0.4) is 0 Å². The van der Waals surface area contributed by atoms with E-state index in [4.69, 9.17) is 18.5 Å². The molecule has 226 valence electrons. The molecule has 8 heteroatoms. The van der Waals surface area contributed by atoms with Crippen LogP contribution in [-0.2, 0) is 29.9 Å². The SMILES string of the molecule is O=C1O[C@H]([C@@H](COP(c2ccccc2)c2ccccc2)OP(c2ccccc2)c2ccccc2)C(O)=C1OCc1ccccc1. The zero-order chi connectivity index (χ0) is 30.8. The molecule has 0 bridgehead atoms. The van der Waals surface area contributed by atoms with Gasteiger partial charge in [0.1, 0.15) is 12.7 Å². The molecular formula is C37H32O6P2. The van der Waals surface area contributed by atoms with Gasteiger partial charge in [-0.2, -0.15) is 0 Å². The Morgan fingerprint density at radius 2 is 1.04 bits per heavy atom. The molecule has 0 aromatic heterocycles. The van der Waals surface area contributed by atoms with E-state index in [2.05, 4.69) is 0 Å². The normalized spacial score (nSPS) is 15.3. The minimum absolute atomic E-state index is 0.0436. The third kappa shape index (κ3) is 7.68. The van der Waals surface area contributed by atoms with Gasteiger partial charge in [0.25, 0.3) is 0 Å². The smallest absolute Gasteiger partial charge is 0.378 e. The van der Waals surface area contributed by atoms with Crippen molar-refractivity contribution in [3.05, 3.63) is 169 Å². The highest BCUT2D eigenvalue weighted by Crippen LogP contribution is 2.42. The van der Waals surface area contributed by atoms with Gasteiger partial charge in [0, 0.05) is 21.2 Å². The molecule has 45 heavy (non-hydrogen) atoms. The average molecular weight is 635 g/mol. The monoisotopic (exact) mass is 634 g/mol. The van der Waals surface area contributed by atoms with Crippen LogP contribution in [0.15, 0.2) is 163 Å². The first-order valence-corrected chi connectivity index (χ1v) is 17.1. The zero-order valence-electron chi connectivity index (χ0n) is 24.4. The van der Waals surface area contributed by atoms with Crippen molar-refractivity contribution in [2.24, 2.45) is 0 Å². The highest BCUT2D eigenvalue weighted by Gasteiger charge is 2.43. The predicted octanol–water partition coefficient (Wildman–Crippen LogP) is 6.40. The molecule has 0 fully saturated rings. The maximum absolute atomic E-state index is 13.1. The van der Waals surface area contributed by atoms with E-state index in [0.29, 0.717) is 0 Å². The number of rotatable bonds is 13. The molecule has 0 unspecified atom stereocenters. The van der Waals surface area contributed by atoms with E-state index in [1.807, 2.05) is 152 Å². The number of aliphatic hydroxyl groups excluding tert-OH is 1. The zero-order valence-corrected chi connectivity index (χ0v) is 26.2. The number of carbonyl (C=O) groups excluding carboxylic acids is 1. The first-order valence-electron chi connectivity index (χ1n) is 14.6. The average Bonchev–Trinajstić information content (AvgIpc) is 3.39. The lowest BCUT2D eigenvalue weighted by Crippen LogP contribution is -2.36. The largest absolute Gasteiger partial charge is 0.505 e. The minimum Gasteiger partial charge on any atom is -0.505 e. The van der Waals surface area contributed by atoms with Crippen molar-refractivity contribution in [1.82, 2.24) is 0 Å². The van der Waals surface area contributed by atoms with Gasteiger partial charge >= 0.3 is 5.97 Å². The number of aliphatic hydroxyl groups is 1. The molecule has 6 nitrogen and oxygen atoms in total. The van der Waals surface area contributed by atoms with Crippen molar-refractivity contribution in [3.63, 3.8) is 0 Å². The Balaban J connectivity index is 1.33. The molecule has 1 aliphatic heterocycles. The summed E-state index contributed by atoms with van der Waals surface area (Å²) in [6.07, 6.45) is -1.97. The molecule has 1 heterocycles. The quantitative estimate of drug-likeness (QED) is 0.120. The summed E-state index contributed by atoms with van der Waals surface area (Å²) in [6, 6.07) is 49.3. The van der Waals surface area contributed by atoms with Gasteiger partial charge in [-0.3, -0.25) is 0 Å². The molecule has 0 saturated carbocycles. The Morgan fingerprint density at radius 1 is 0.622 bits per heavy atom. The molecule has 2 atom stereocenters. The Hall–Kier alpha value is -4.31. The first-order chi connectivity index (χ1) is 22.2. The van der Waals surface area contributed by atoms with Crippen LogP contribution >= 0.6 is 16.3 Å². The second-order valence-electron chi connectivity index (χ2n) is 10.2. The Bertz CT molecular complexity index is 1610. The van der Waals surface area contributed by atoms with Gasteiger partial charge in [0.2, 0.25) is 5.76 Å². The Labute approximate surface area is 265 Å². The molecule has 0 radical (unpaired) electrons. The van der Waals surface area contributed by atoms with Crippen molar-refractivity contribution in [1.29, 1.82) is 0 Å². The van der Waals surface area contributed by atoms with Crippen LogP contribution in [0.5, 0.6) is 0 Å². The van der Waals surface area contributed by atoms with E-state index < -0.39 is 34.5 Å². The number of esters is 1. The van der Waals surface area contributed by atoms with E-state index in [9.17, 15) is 9.90 Å². The maximum Gasteiger partial charge on any atom is 0.378 e. The summed E-state index contributed by atoms with van der Waals surface area (Å²) >= 11 is 0. The number of benzene rings is 5. The van der Waals surface area contributed by atoms with E-state index in [1.165, 1.54) is 0 Å². The second kappa shape index (κ2) is 15.1. The lowest BCUT2D eigenvalue weighted by molar-refractivity contribution is -0.147. The summed E-state index contributed by atoms with van der Waals surface area (Å²) < 4.78 is 25.2. The van der Waals surface area contributed by atoms with Crippen LogP contribution in [0.2, 0.25) is 0 Å². The topological polar surface area (TPSA) is 74.2 Å². The van der Waals surface area contributed by atoms with Gasteiger partial charge in [0.05, 0.1) is 22.9 Å². The lowest BCUT2D eigenvalue weighted by atomic mass is 10.2. The van der Waals surface area contributed by atoms with Crippen molar-refractivity contribution >= 4 is 43.5 Å². The van der Waals surface area contributed by atoms with Crippen LogP contribution in [0.25, 0.3) is 0 Å². The van der Waals surface area contributed by atoms with Gasteiger partial charge < -0.3 is 23.6 Å². The number of cyclic esters (lactones) is 1. The van der Waals surface area contributed by atoms with Crippen LogP contribution in [-0.4, -0.2) is 29.9 Å². The number of carbonyl (C=O) groups is 1. The molecule has 0 amide bonds. The molecule has 5 aromatic rings. The fourth-order valence-corrected chi connectivity index (χ4v) is 8.50. The summed E-state index contributed by atoms with van der Waals surface area (Å²) in [5.74, 6) is -1.25. The molecule has 5 aromatic carbocycles. The highest BCUT2D eigenvalue weighted by molar-refractivity contribution is 7.69. The minimum atomic E-state index is -1.38. The standard InChI is InChI=1S/C37H32O6P2/c38-34-35(42-37(39)36(34)40-26-28-16-6-1-7-17-28)33(43-45(31-22-12-4-13-23-31)32-24-14-5-15-25-32)27-41-44(29-18-8-2-9-19-29)30-20-10-3-11-21-30/h1-25,33,35,38H,26-27H2/t33-,35-/m1/s1. The van der Waals surface area contributed by atoms with Crippen LogP contribution in [0.1, 0.15) is 5.56 Å². The summed E-state index contributed by atoms with van der Waals surface area (Å²) in [7, 11) is -2.62. The number of ether oxygens (including phenoxy) is 2. The summed E-state index contributed by atoms with van der Waals surface area (Å²) in [4.78, 5) is 13.1. The van der Waals surface area contributed by atoms with Crippen molar-refractivity contribution in [3.8, 4) is 0 Å². The van der Waals surface area contributed by atoms with Crippen molar-refractivity contribution < 1.29 is 28.4 Å². The Kier molecular flexibility index (Phi) is 10.3. The Morgan fingerprint density at radius 3 is 1.51 bits per heavy atom. The van der Waals surface area contributed by atoms with Crippen molar-refractivity contribution in [2.45, 2.75) is 18.8 Å². The van der Waals surface area contributed by atoms with Gasteiger partial charge in [-0.1, -0.05) is 152 Å². The van der Waals surface area contributed by atoms with Gasteiger partial charge in [-0.15, -0.1) is 0 Å². The lowest BCUT2D eigenvalue weighted by Gasteiger charge is -2.29. The third-order valence-corrected chi connectivity index (χ3v) is 11.0. The van der Waals surface area contributed by atoms with Gasteiger partial charge in [0.15, 0.2) is 11.9 Å². The maximum atomic E-state index is 13.1. The molecule has 0 spiro atoms. The summed E-state index contributed by atoms with van der Waals surface area (Å²) in [6.45, 7) is 0.153. The molecule has 6 rings (SSSR count). The molecule has 1 N–H and O–H groups in total. The number of hydrogen-bond donors (Lipinski definition) is 1. The van der Waals surface area contributed by atoms with Gasteiger partial charge in [-0.25, -0.2) is 4.79 Å². The van der Waals surface area contributed by atoms with E-state index >= 15 is 0 Å². The van der Waals surface area contributed by atoms with E-state index in [0.717, 1.165) is 26.8 Å². The molecular weight excluding hydrogens is 602 g/mol. The predicted molar refractivity (Wildman–Crippen MR) is 180 cm³/mol. The fourth-order valence-electron chi connectivity index (χ4n) is 4.85. The summed E-state index contributed by atoms with van der Waals surface area (Å²) in [5, 5.41) is 15.4. The van der Waals surface area contributed by atoms with Crippen LogP contribution < -0.4 is 21.2 Å². The highest BCUT2D eigenvalue weighted by atomic mass is 31.1. The molecule has 0 saturated heterocycles. The third-order valence-electron chi connectivity index (χ3n) is 7.06. The second-order valence-corrected chi connectivity index (χ2v) is 13.9.